The predicted octanol–water partition coefficient (Wildman–Crippen LogP) is 2.28. The van der Waals surface area contributed by atoms with Crippen LogP contribution in [0.2, 0.25) is 0 Å². The van der Waals surface area contributed by atoms with E-state index in [-0.39, 0.29) is 30.8 Å². The molecule has 0 saturated carbocycles. The Morgan fingerprint density at radius 2 is 1.88 bits per heavy atom. The first-order chi connectivity index (χ1) is 12.5. The number of aliphatic carboxylic acids is 1. The maximum Gasteiger partial charge on any atom is 0.308 e. The smallest absolute Gasteiger partial charge is 0.308 e. The lowest BCUT2D eigenvalue weighted by Gasteiger charge is -2.23. The molecule has 0 aromatic heterocycles. The number of carbonyl (C=O) groups excluding carboxylic acids is 2. The van der Waals surface area contributed by atoms with Crippen LogP contribution in [0.4, 0.5) is 0 Å². The normalized spacial score (nSPS) is 19.5. The molecule has 2 aromatic rings. The molecule has 0 spiro atoms. The lowest BCUT2D eigenvalue weighted by atomic mass is 10.0. The van der Waals surface area contributed by atoms with E-state index in [1.54, 1.807) is 17.9 Å². The second-order valence-corrected chi connectivity index (χ2v) is 6.63. The number of hydrogen-bond acceptors (Lipinski definition) is 3. The highest BCUT2D eigenvalue weighted by Gasteiger charge is 2.37. The van der Waals surface area contributed by atoms with E-state index in [4.69, 9.17) is 5.11 Å². The number of nitrogens with zero attached hydrogens (tertiary/aromatic N) is 1. The van der Waals surface area contributed by atoms with Crippen LogP contribution < -0.4 is 5.32 Å². The Kier molecular flexibility index (Phi) is 5.21. The number of hydrogen-bond donors (Lipinski definition) is 2. The summed E-state index contributed by atoms with van der Waals surface area (Å²) >= 11 is 0. The second kappa shape index (κ2) is 7.56. The summed E-state index contributed by atoms with van der Waals surface area (Å²) in [4.78, 5) is 37.3. The molecule has 1 aliphatic rings. The van der Waals surface area contributed by atoms with E-state index in [0.717, 1.165) is 10.8 Å². The summed E-state index contributed by atoms with van der Waals surface area (Å²) in [6, 6.07) is 13.0. The van der Waals surface area contributed by atoms with Crippen LogP contribution in [0, 0.1) is 5.92 Å². The van der Waals surface area contributed by atoms with E-state index in [1.165, 1.54) is 0 Å². The van der Waals surface area contributed by atoms with Crippen molar-refractivity contribution in [3.05, 3.63) is 48.0 Å². The van der Waals surface area contributed by atoms with Crippen molar-refractivity contribution < 1.29 is 19.5 Å². The van der Waals surface area contributed by atoms with Gasteiger partial charge in [-0.25, -0.2) is 0 Å². The third-order valence-electron chi connectivity index (χ3n) is 5.03. The molecule has 6 nitrogen and oxygen atoms in total. The first-order valence-corrected chi connectivity index (χ1v) is 8.76. The second-order valence-electron chi connectivity index (χ2n) is 6.63. The fourth-order valence-electron chi connectivity index (χ4n) is 3.48. The molecule has 2 atom stereocenters. The van der Waals surface area contributed by atoms with Gasteiger partial charge in [0.05, 0.1) is 5.92 Å². The summed E-state index contributed by atoms with van der Waals surface area (Å²) < 4.78 is 0. The van der Waals surface area contributed by atoms with E-state index in [9.17, 15) is 14.4 Å². The van der Waals surface area contributed by atoms with Gasteiger partial charge in [0.2, 0.25) is 5.91 Å². The monoisotopic (exact) mass is 354 g/mol. The molecule has 1 fully saturated rings. The molecule has 2 N–H and O–H groups in total. The van der Waals surface area contributed by atoms with Crippen LogP contribution in [0.15, 0.2) is 42.5 Å². The molecular formula is C20H22N2O4. The zero-order chi connectivity index (χ0) is 18.7. The summed E-state index contributed by atoms with van der Waals surface area (Å²) in [5.74, 6) is -1.72. The van der Waals surface area contributed by atoms with Crippen molar-refractivity contribution in [3.8, 4) is 0 Å². The molecule has 3 rings (SSSR count). The molecule has 26 heavy (non-hydrogen) atoms. The molecule has 2 aromatic carbocycles. The first-order valence-electron chi connectivity index (χ1n) is 8.76. The Balaban J connectivity index is 1.53. The third kappa shape index (κ3) is 3.69. The lowest BCUT2D eigenvalue weighted by molar-refractivity contribution is -0.143. The van der Waals surface area contributed by atoms with Gasteiger partial charge in [0.1, 0.15) is 0 Å². The van der Waals surface area contributed by atoms with Crippen molar-refractivity contribution in [2.75, 3.05) is 13.1 Å². The molecule has 1 heterocycles. The summed E-state index contributed by atoms with van der Waals surface area (Å²) in [6.45, 7) is 2.44. The number of carboxylic acids is 1. The molecule has 0 aliphatic carbocycles. The summed E-state index contributed by atoms with van der Waals surface area (Å²) in [6.07, 6.45) is 0.641. The van der Waals surface area contributed by atoms with Gasteiger partial charge in [0.15, 0.2) is 0 Å². The van der Waals surface area contributed by atoms with E-state index in [2.05, 4.69) is 5.32 Å². The topological polar surface area (TPSA) is 86.7 Å². The SMILES string of the molecule is CC1C(C(=O)O)CCN1C(=O)CCNC(=O)c1ccc2ccccc2c1. The fourth-order valence-corrected chi connectivity index (χ4v) is 3.48. The Hall–Kier alpha value is -2.89. The van der Waals surface area contributed by atoms with Gasteiger partial charge in [-0.1, -0.05) is 30.3 Å². The maximum atomic E-state index is 12.3. The van der Waals surface area contributed by atoms with Crippen LogP contribution in [0.25, 0.3) is 10.8 Å². The number of fused-ring (bicyclic) bond motifs is 1. The van der Waals surface area contributed by atoms with Gasteiger partial charge >= 0.3 is 5.97 Å². The van der Waals surface area contributed by atoms with Gasteiger partial charge in [-0.2, -0.15) is 0 Å². The van der Waals surface area contributed by atoms with Gasteiger partial charge in [0, 0.05) is 31.1 Å². The number of amides is 2. The van der Waals surface area contributed by atoms with Crippen LogP contribution in [0.1, 0.15) is 30.1 Å². The van der Waals surface area contributed by atoms with Gasteiger partial charge < -0.3 is 15.3 Å². The highest BCUT2D eigenvalue weighted by Crippen LogP contribution is 2.24. The quantitative estimate of drug-likeness (QED) is 0.862. The zero-order valence-corrected chi connectivity index (χ0v) is 14.6. The molecule has 136 valence electrons. The summed E-state index contributed by atoms with van der Waals surface area (Å²) in [7, 11) is 0. The van der Waals surface area contributed by atoms with Crippen molar-refractivity contribution in [2.45, 2.75) is 25.8 Å². The van der Waals surface area contributed by atoms with Crippen molar-refractivity contribution >= 4 is 28.6 Å². The number of likely N-dealkylation sites (tertiary alicyclic amines) is 1. The predicted molar refractivity (Wildman–Crippen MR) is 97.8 cm³/mol. The van der Waals surface area contributed by atoms with Crippen LogP contribution in [0.5, 0.6) is 0 Å². The number of benzene rings is 2. The molecule has 1 aliphatic heterocycles. The number of rotatable bonds is 5. The van der Waals surface area contributed by atoms with E-state index in [0.29, 0.717) is 18.5 Å². The van der Waals surface area contributed by atoms with E-state index in [1.807, 2.05) is 36.4 Å². The van der Waals surface area contributed by atoms with Gasteiger partial charge in [0.25, 0.3) is 5.91 Å². The Bertz CT molecular complexity index is 849. The van der Waals surface area contributed by atoms with Crippen LogP contribution in [0.3, 0.4) is 0 Å². The number of nitrogens with one attached hydrogen (secondary N) is 1. The zero-order valence-electron chi connectivity index (χ0n) is 14.6. The molecule has 2 amide bonds. The molecule has 0 radical (unpaired) electrons. The van der Waals surface area contributed by atoms with Crippen LogP contribution in [-0.2, 0) is 9.59 Å². The van der Waals surface area contributed by atoms with Crippen molar-refractivity contribution in [1.82, 2.24) is 10.2 Å². The largest absolute Gasteiger partial charge is 0.481 e. The van der Waals surface area contributed by atoms with E-state index < -0.39 is 11.9 Å². The molecular weight excluding hydrogens is 332 g/mol. The van der Waals surface area contributed by atoms with Gasteiger partial charge in [-0.05, 0) is 36.2 Å². The van der Waals surface area contributed by atoms with Crippen LogP contribution in [-0.4, -0.2) is 46.9 Å². The van der Waals surface area contributed by atoms with E-state index >= 15 is 0 Å². The third-order valence-corrected chi connectivity index (χ3v) is 5.03. The summed E-state index contributed by atoms with van der Waals surface area (Å²) in [5, 5.41) is 14.0. The van der Waals surface area contributed by atoms with Gasteiger partial charge in [-0.15, -0.1) is 0 Å². The minimum absolute atomic E-state index is 0.125. The van der Waals surface area contributed by atoms with Crippen molar-refractivity contribution in [3.63, 3.8) is 0 Å². The average molecular weight is 354 g/mol. The lowest BCUT2D eigenvalue weighted by Crippen LogP contribution is -2.39. The minimum atomic E-state index is -0.864. The minimum Gasteiger partial charge on any atom is -0.481 e. The fraction of sp³-hybridized carbons (Fsp3) is 0.350. The van der Waals surface area contributed by atoms with Gasteiger partial charge in [-0.3, -0.25) is 14.4 Å². The number of carbonyl (C=O) groups is 3. The van der Waals surface area contributed by atoms with Crippen molar-refractivity contribution in [2.24, 2.45) is 5.92 Å². The Labute approximate surface area is 151 Å². The Morgan fingerprint density at radius 3 is 2.58 bits per heavy atom. The summed E-state index contributed by atoms with van der Waals surface area (Å²) in [5.41, 5.74) is 0.552. The molecule has 2 unspecified atom stereocenters. The molecule has 0 bridgehead atoms. The first kappa shape index (κ1) is 17.9. The average Bonchev–Trinajstić information content (AvgIpc) is 3.03. The standard InChI is InChI=1S/C20H22N2O4/c1-13-17(20(25)26)9-11-22(13)18(23)8-10-21-19(24)16-7-6-14-4-2-3-5-15(14)12-16/h2-7,12-13,17H,8-11H2,1H3,(H,21,24)(H,25,26). The van der Waals surface area contributed by atoms with Crippen LogP contribution >= 0.6 is 0 Å². The maximum absolute atomic E-state index is 12.3. The van der Waals surface area contributed by atoms with Crippen molar-refractivity contribution in [1.29, 1.82) is 0 Å². The highest BCUT2D eigenvalue weighted by molar-refractivity contribution is 5.98. The molecule has 1 saturated heterocycles. The Morgan fingerprint density at radius 1 is 1.15 bits per heavy atom. The molecule has 6 heteroatoms. The number of carboxylic acid groups (broad SMARTS) is 1. The highest BCUT2D eigenvalue weighted by atomic mass is 16.4.